The lowest BCUT2D eigenvalue weighted by atomic mass is 10.2. The van der Waals surface area contributed by atoms with E-state index in [0.29, 0.717) is 5.84 Å². The highest BCUT2D eigenvalue weighted by atomic mass is 16.4. The summed E-state index contributed by atoms with van der Waals surface area (Å²) in [4.78, 5) is 15.0. The fraction of sp³-hybridized carbons (Fsp3) is 0.333. The zero-order chi connectivity index (χ0) is 13.8. The van der Waals surface area contributed by atoms with E-state index < -0.39 is 5.97 Å². The molecular weight excluding hydrogens is 246 g/mol. The van der Waals surface area contributed by atoms with E-state index in [9.17, 15) is 4.79 Å². The number of amidine groups is 1. The number of hydrogen-bond acceptors (Lipinski definition) is 6. The highest BCUT2D eigenvalue weighted by Gasteiger charge is 2.36. The van der Waals surface area contributed by atoms with Crippen molar-refractivity contribution in [2.24, 2.45) is 10.2 Å². The summed E-state index contributed by atoms with van der Waals surface area (Å²) in [5.41, 5.74) is 3.74. The topological polar surface area (TPSA) is 90.2 Å². The van der Waals surface area contributed by atoms with E-state index in [1.807, 2.05) is 32.0 Å². The van der Waals surface area contributed by atoms with Crippen LogP contribution in [0.2, 0.25) is 0 Å². The fourth-order valence-electron chi connectivity index (χ4n) is 1.79. The number of hydrogen-bond donors (Lipinski definition) is 2. The zero-order valence-electron chi connectivity index (χ0n) is 10.7. The van der Waals surface area contributed by atoms with Gasteiger partial charge in [0.25, 0.3) is 0 Å². The second-order valence-corrected chi connectivity index (χ2v) is 3.69. The van der Waals surface area contributed by atoms with Crippen molar-refractivity contribution in [2.45, 2.75) is 26.4 Å². The van der Waals surface area contributed by atoms with E-state index in [4.69, 9.17) is 5.11 Å². The monoisotopic (exact) mass is 261 g/mol. The lowest BCUT2D eigenvalue weighted by Crippen LogP contribution is -2.26. The first-order valence-corrected chi connectivity index (χ1v) is 6.09. The molecule has 0 fully saturated rings. The van der Waals surface area contributed by atoms with Gasteiger partial charge in [0, 0.05) is 6.20 Å². The summed E-state index contributed by atoms with van der Waals surface area (Å²) in [6.45, 7) is 4.00. The van der Waals surface area contributed by atoms with Crippen LogP contribution >= 0.6 is 0 Å². The van der Waals surface area contributed by atoms with Gasteiger partial charge in [0.15, 0.2) is 17.7 Å². The summed E-state index contributed by atoms with van der Waals surface area (Å²) in [7, 11) is 0. The average Bonchev–Trinajstić information content (AvgIpc) is 3.01. The number of aromatic nitrogens is 1. The molecule has 2 N–H and O–H groups in total. The zero-order valence-corrected chi connectivity index (χ0v) is 10.7. The molecule has 1 aromatic heterocycles. The third-order valence-corrected chi connectivity index (χ3v) is 2.59. The molecule has 0 saturated carbocycles. The van der Waals surface area contributed by atoms with Crippen LogP contribution in [-0.2, 0) is 4.79 Å². The normalized spacial score (nSPS) is 19.7. The molecule has 19 heavy (non-hydrogen) atoms. The van der Waals surface area contributed by atoms with Crippen LogP contribution in [-0.4, -0.2) is 32.6 Å². The molecule has 7 heteroatoms. The van der Waals surface area contributed by atoms with E-state index in [1.54, 1.807) is 11.2 Å². The Kier molecular flexibility index (Phi) is 3.74. The molecule has 0 aromatic carbocycles. The summed E-state index contributed by atoms with van der Waals surface area (Å²) in [6, 6.07) is 5.51. The van der Waals surface area contributed by atoms with Crippen molar-refractivity contribution in [3.63, 3.8) is 0 Å². The van der Waals surface area contributed by atoms with Crippen LogP contribution in [0.3, 0.4) is 0 Å². The van der Waals surface area contributed by atoms with Gasteiger partial charge in [-0.3, -0.25) is 10.4 Å². The quantitative estimate of drug-likeness (QED) is 0.834. The first-order chi connectivity index (χ1) is 9.25. The molecule has 0 spiro atoms. The summed E-state index contributed by atoms with van der Waals surface area (Å²) >= 11 is 0. The smallest absolute Gasteiger partial charge is 0.352 e. The molecule has 2 aliphatic rings. The summed E-state index contributed by atoms with van der Waals surface area (Å²) in [5.74, 6) is -0.403. The fourth-order valence-corrected chi connectivity index (χ4v) is 1.79. The van der Waals surface area contributed by atoms with Gasteiger partial charge in [-0.15, -0.1) is 0 Å². The maximum absolute atomic E-state index is 10.8. The van der Waals surface area contributed by atoms with Crippen LogP contribution in [0, 0.1) is 0 Å². The molecule has 2 aliphatic heterocycles. The minimum absolute atomic E-state index is 0.103. The van der Waals surface area contributed by atoms with Gasteiger partial charge in [-0.05, 0) is 12.1 Å². The van der Waals surface area contributed by atoms with Gasteiger partial charge in [-0.2, -0.15) is 10.2 Å². The van der Waals surface area contributed by atoms with Crippen LogP contribution in [0.1, 0.15) is 32.1 Å². The van der Waals surface area contributed by atoms with Crippen molar-refractivity contribution in [3.05, 3.63) is 30.1 Å². The second-order valence-electron chi connectivity index (χ2n) is 3.69. The molecule has 3 heterocycles. The Morgan fingerprint density at radius 1 is 1.47 bits per heavy atom. The number of carbonyl (C=O) groups is 1. The van der Waals surface area contributed by atoms with Crippen molar-refractivity contribution < 1.29 is 9.90 Å². The van der Waals surface area contributed by atoms with Gasteiger partial charge >= 0.3 is 5.97 Å². The van der Waals surface area contributed by atoms with Gasteiger partial charge in [0.2, 0.25) is 0 Å². The molecule has 1 unspecified atom stereocenters. The minimum atomic E-state index is -1.01. The number of hydrazone groups is 2. The number of carboxylic acid groups (broad SMARTS) is 1. The van der Waals surface area contributed by atoms with Gasteiger partial charge < -0.3 is 5.11 Å². The first-order valence-electron chi connectivity index (χ1n) is 6.09. The second kappa shape index (κ2) is 5.47. The molecule has 0 amide bonds. The van der Waals surface area contributed by atoms with Crippen molar-refractivity contribution in [2.75, 3.05) is 0 Å². The first kappa shape index (κ1) is 13.0. The Balaban J connectivity index is 0.000000637. The average molecular weight is 261 g/mol. The molecule has 0 saturated heterocycles. The van der Waals surface area contributed by atoms with Crippen LogP contribution < -0.4 is 5.43 Å². The van der Waals surface area contributed by atoms with Crippen molar-refractivity contribution in [3.8, 4) is 0 Å². The Labute approximate surface area is 110 Å². The van der Waals surface area contributed by atoms with E-state index in [0.717, 1.165) is 5.69 Å². The molecule has 1 atom stereocenters. The molecule has 0 aliphatic carbocycles. The SMILES string of the molecule is CC.O=C(O)C1=NN2C(=NNC2c2ccccn2)C1. The molecule has 7 nitrogen and oxygen atoms in total. The van der Waals surface area contributed by atoms with Crippen LogP contribution in [0.25, 0.3) is 0 Å². The largest absolute Gasteiger partial charge is 0.477 e. The Bertz CT molecular complexity index is 526. The number of nitrogens with one attached hydrogen (secondary N) is 1. The van der Waals surface area contributed by atoms with Gasteiger partial charge in [-0.1, -0.05) is 19.9 Å². The van der Waals surface area contributed by atoms with Crippen molar-refractivity contribution >= 4 is 17.5 Å². The highest BCUT2D eigenvalue weighted by Crippen LogP contribution is 2.26. The predicted octanol–water partition coefficient (Wildman–Crippen LogP) is 1.17. The van der Waals surface area contributed by atoms with Gasteiger partial charge in [0.05, 0.1) is 12.1 Å². The van der Waals surface area contributed by atoms with E-state index in [1.165, 1.54) is 0 Å². The molecule has 0 radical (unpaired) electrons. The number of aliphatic carboxylic acids is 1. The van der Waals surface area contributed by atoms with E-state index in [2.05, 4.69) is 20.6 Å². The maximum atomic E-state index is 10.8. The minimum Gasteiger partial charge on any atom is -0.477 e. The molecule has 0 bridgehead atoms. The molecule has 1 aromatic rings. The lowest BCUT2D eigenvalue weighted by Gasteiger charge is -2.17. The van der Waals surface area contributed by atoms with Crippen molar-refractivity contribution in [1.29, 1.82) is 0 Å². The van der Waals surface area contributed by atoms with Gasteiger partial charge in [-0.25, -0.2) is 9.80 Å². The molecular formula is C12H15N5O2. The number of pyridine rings is 1. The lowest BCUT2D eigenvalue weighted by molar-refractivity contribution is -0.129. The summed E-state index contributed by atoms with van der Waals surface area (Å²) in [5, 5.41) is 18.5. The predicted molar refractivity (Wildman–Crippen MR) is 70.4 cm³/mol. The number of carboxylic acids is 1. The summed E-state index contributed by atoms with van der Waals surface area (Å²) in [6.07, 6.45) is 1.60. The number of nitrogens with zero attached hydrogens (tertiary/aromatic N) is 4. The highest BCUT2D eigenvalue weighted by molar-refractivity contribution is 6.40. The number of fused-ring (bicyclic) bond motifs is 1. The molecule has 100 valence electrons. The van der Waals surface area contributed by atoms with E-state index >= 15 is 0 Å². The van der Waals surface area contributed by atoms with E-state index in [-0.39, 0.29) is 18.3 Å². The summed E-state index contributed by atoms with van der Waals surface area (Å²) < 4.78 is 0. The van der Waals surface area contributed by atoms with Crippen LogP contribution in [0.5, 0.6) is 0 Å². The van der Waals surface area contributed by atoms with Crippen molar-refractivity contribution in [1.82, 2.24) is 15.4 Å². The Morgan fingerprint density at radius 3 is 2.89 bits per heavy atom. The number of rotatable bonds is 2. The Hall–Kier alpha value is -2.44. The third-order valence-electron chi connectivity index (χ3n) is 2.59. The molecule has 3 rings (SSSR count). The maximum Gasteiger partial charge on any atom is 0.352 e. The Morgan fingerprint density at radius 2 is 2.26 bits per heavy atom. The van der Waals surface area contributed by atoms with Crippen LogP contribution in [0.4, 0.5) is 0 Å². The van der Waals surface area contributed by atoms with Crippen LogP contribution in [0.15, 0.2) is 34.6 Å². The standard InChI is InChI=1S/C10H9N5O2.C2H6/c16-10(17)7-5-8-12-13-9(15(8)14-7)6-3-1-2-4-11-6;1-2/h1-4,9,13H,5H2,(H,16,17);1-2H3. The van der Waals surface area contributed by atoms with Gasteiger partial charge in [0.1, 0.15) is 0 Å². The third kappa shape index (κ3) is 2.40.